The third-order valence-corrected chi connectivity index (χ3v) is 9.90. The minimum Gasteiger partial charge on any atom is -0.449 e. The summed E-state index contributed by atoms with van der Waals surface area (Å²) in [6, 6.07) is -1.02. The van der Waals surface area contributed by atoms with Gasteiger partial charge in [0.15, 0.2) is 17.1 Å². The van der Waals surface area contributed by atoms with Crippen LogP contribution in [0.15, 0.2) is 23.8 Å². The van der Waals surface area contributed by atoms with Gasteiger partial charge in [0.25, 0.3) is 0 Å². The largest absolute Gasteiger partial charge is 0.449 e. The number of fused-ring (bicyclic) bond motifs is 5. The van der Waals surface area contributed by atoms with Crippen LogP contribution in [0.1, 0.15) is 60.3 Å². The van der Waals surface area contributed by atoms with Crippen LogP contribution in [-0.4, -0.2) is 63.2 Å². The van der Waals surface area contributed by atoms with Crippen LogP contribution in [0.3, 0.4) is 0 Å². The molecule has 4 rings (SSSR count). The van der Waals surface area contributed by atoms with E-state index in [-0.39, 0.29) is 37.9 Å². The molecule has 0 aromatic heterocycles. The molecule has 0 heterocycles. The first-order valence-corrected chi connectivity index (χ1v) is 13.8. The van der Waals surface area contributed by atoms with Gasteiger partial charge in [-0.15, -0.1) is 0 Å². The van der Waals surface area contributed by atoms with Crippen molar-refractivity contribution in [3.63, 3.8) is 0 Å². The zero-order valence-corrected chi connectivity index (χ0v) is 22.7. The maximum absolute atomic E-state index is 17.2. The molecule has 0 spiro atoms. The molecular weight excluding hydrogens is 509 g/mol. The fraction of sp³-hybridized carbons (Fsp3) is 0.741. The summed E-state index contributed by atoms with van der Waals surface area (Å²) in [5.41, 5.74) is -6.84. The predicted octanol–water partition coefficient (Wildman–Crippen LogP) is 4.43. The van der Waals surface area contributed by atoms with Crippen molar-refractivity contribution in [3.8, 4) is 0 Å². The van der Waals surface area contributed by atoms with E-state index in [2.05, 4.69) is 0 Å². The Bertz CT molecular complexity index is 1000. The van der Waals surface area contributed by atoms with Crippen LogP contribution in [0.25, 0.3) is 0 Å². The van der Waals surface area contributed by atoms with Crippen molar-refractivity contribution >= 4 is 28.6 Å². The summed E-state index contributed by atoms with van der Waals surface area (Å²) in [6.45, 7) is 8.38. The van der Waals surface area contributed by atoms with Crippen molar-refractivity contribution in [2.24, 2.45) is 28.6 Å². The number of carbonyl (C=O) groups excluding carboxylic acids is 3. The first-order chi connectivity index (χ1) is 17.2. The van der Waals surface area contributed by atoms with Crippen molar-refractivity contribution in [1.82, 2.24) is 0 Å². The lowest BCUT2D eigenvalue weighted by Gasteiger charge is -2.63. The molecule has 10 heteroatoms. The predicted molar refractivity (Wildman–Crippen MR) is 134 cm³/mol. The molecule has 4 aliphatic carbocycles. The Labute approximate surface area is 220 Å². The number of rotatable bonds is 4. The molecule has 3 saturated carbocycles. The number of esters is 1. The molecule has 3 fully saturated rings. The van der Waals surface area contributed by atoms with Gasteiger partial charge in [0, 0.05) is 35.7 Å². The zero-order valence-electron chi connectivity index (χ0n) is 21.9. The van der Waals surface area contributed by atoms with Gasteiger partial charge in [-0.3, -0.25) is 14.4 Å². The van der Waals surface area contributed by atoms with Crippen LogP contribution in [0, 0.1) is 28.6 Å². The number of thioether (sulfide) groups is 1. The third kappa shape index (κ3) is 4.13. The van der Waals surface area contributed by atoms with E-state index in [1.54, 1.807) is 27.7 Å². The average molecular weight is 547 g/mol. The Morgan fingerprint density at radius 2 is 1.84 bits per heavy atom. The van der Waals surface area contributed by atoms with E-state index in [0.717, 1.165) is 6.08 Å². The number of halogens is 3. The number of hydrogen-bond donors (Lipinski definition) is 2. The molecule has 6 nitrogen and oxygen atoms in total. The number of allylic oxidation sites excluding steroid dienone is 4. The van der Waals surface area contributed by atoms with Gasteiger partial charge in [-0.2, -0.15) is 0 Å². The summed E-state index contributed by atoms with van der Waals surface area (Å²) in [6.07, 6.45) is 0.160. The van der Waals surface area contributed by atoms with E-state index >= 15 is 8.78 Å². The molecule has 9 atom stereocenters. The second-order valence-electron chi connectivity index (χ2n) is 10.9. The average Bonchev–Trinajstić information content (AvgIpc) is 3.05. The van der Waals surface area contributed by atoms with Crippen molar-refractivity contribution in [2.45, 2.75) is 83.8 Å². The maximum atomic E-state index is 17.2. The van der Waals surface area contributed by atoms with Crippen molar-refractivity contribution in [1.29, 1.82) is 0 Å². The normalized spacial score (nSPS) is 44.0. The Kier molecular flexibility index (Phi) is 8.48. The van der Waals surface area contributed by atoms with Crippen LogP contribution in [0.4, 0.5) is 13.2 Å². The lowest BCUT2D eigenvalue weighted by molar-refractivity contribution is -0.228. The first kappa shape index (κ1) is 29.9. The minimum absolute atomic E-state index is 0.0141. The third-order valence-electron chi connectivity index (χ3n) is 9.22. The lowest BCUT2D eigenvalue weighted by atomic mass is 9.44. The molecule has 0 saturated heterocycles. The summed E-state index contributed by atoms with van der Waals surface area (Å²) in [4.78, 5) is 37.8. The van der Waals surface area contributed by atoms with Crippen LogP contribution in [0.5, 0.6) is 0 Å². The SMILES string of the molecule is CCC(=O)O[C@]1(C(=O)SCF)[C@H](C)C[C@H]2C3C[C@H](F)C4=CC(=O)C=C[C@]4(C)[C@@]3(F)[C@@H](O)C[C@@]21C.CCO. The Morgan fingerprint density at radius 1 is 1.22 bits per heavy atom. The van der Waals surface area contributed by atoms with E-state index in [1.165, 1.54) is 19.1 Å². The number of ether oxygens (including phenoxy) is 1. The zero-order chi connectivity index (χ0) is 28.0. The molecular formula is C27H37F3O6S. The molecule has 208 valence electrons. The molecule has 37 heavy (non-hydrogen) atoms. The van der Waals surface area contributed by atoms with Crippen LogP contribution in [0.2, 0.25) is 0 Å². The highest BCUT2D eigenvalue weighted by atomic mass is 32.2. The van der Waals surface area contributed by atoms with E-state index in [0.29, 0.717) is 11.8 Å². The topological polar surface area (TPSA) is 101 Å². The fourth-order valence-electron chi connectivity index (χ4n) is 7.63. The number of alkyl halides is 3. The highest BCUT2D eigenvalue weighted by molar-refractivity contribution is 8.13. The van der Waals surface area contributed by atoms with Gasteiger partial charge in [0.1, 0.15) is 12.2 Å². The van der Waals surface area contributed by atoms with Gasteiger partial charge in [-0.25, -0.2) is 13.2 Å². The molecule has 0 aliphatic heterocycles. The van der Waals surface area contributed by atoms with Crippen molar-refractivity contribution in [2.75, 3.05) is 12.6 Å². The number of aliphatic hydroxyl groups excluding tert-OH is 2. The number of carbonyl (C=O) groups is 3. The molecule has 1 unspecified atom stereocenters. The highest BCUT2D eigenvalue weighted by Crippen LogP contribution is 2.72. The monoisotopic (exact) mass is 546 g/mol. The number of hydrogen-bond acceptors (Lipinski definition) is 7. The van der Waals surface area contributed by atoms with Crippen LogP contribution in [-0.2, 0) is 19.1 Å². The van der Waals surface area contributed by atoms with Gasteiger partial charge in [0.05, 0.1) is 6.10 Å². The second-order valence-corrected chi connectivity index (χ2v) is 11.8. The number of ketones is 1. The Hall–Kier alpha value is -1.65. The summed E-state index contributed by atoms with van der Waals surface area (Å²) in [5.74, 6) is -3.30. The van der Waals surface area contributed by atoms with E-state index < -0.39 is 75.0 Å². The molecule has 4 aliphatic rings. The van der Waals surface area contributed by atoms with Gasteiger partial charge in [-0.1, -0.05) is 26.8 Å². The van der Waals surface area contributed by atoms with Gasteiger partial charge < -0.3 is 14.9 Å². The van der Waals surface area contributed by atoms with Gasteiger partial charge >= 0.3 is 5.97 Å². The van der Waals surface area contributed by atoms with Crippen molar-refractivity contribution in [3.05, 3.63) is 23.8 Å². The molecule has 0 radical (unpaired) electrons. The quantitative estimate of drug-likeness (QED) is 0.503. The summed E-state index contributed by atoms with van der Waals surface area (Å²) in [5, 5.41) is 18.3. The minimum atomic E-state index is -2.30. The van der Waals surface area contributed by atoms with E-state index in [1.807, 2.05) is 0 Å². The molecule has 0 aromatic carbocycles. The molecule has 0 aromatic rings. The summed E-state index contributed by atoms with van der Waals surface area (Å²) in [7, 11) is 0. The van der Waals surface area contributed by atoms with Crippen LogP contribution >= 0.6 is 11.8 Å². The molecule has 0 amide bonds. The fourth-order valence-corrected chi connectivity index (χ4v) is 8.42. The van der Waals surface area contributed by atoms with Crippen LogP contribution < -0.4 is 0 Å². The standard InChI is InChI=1S/C25H31F3O5S.C2H6O/c1-5-20(31)33-25(21(32)34-12-26)13(2)8-15-16-10-18(27)17-9-14(29)6-7-22(17,3)24(16,28)19(30)11-23(15,25)4;1-2-3/h6-7,9,13,15-16,18-19,30H,5,8,10-12H2,1-4H3;3H,2H2,1H3/t13-,15+,16?,18+,19+,22+,23+,24+,25+;/m1./s1. The second kappa shape index (κ2) is 10.5. The maximum Gasteiger partial charge on any atom is 0.306 e. The highest BCUT2D eigenvalue weighted by Gasteiger charge is 2.78. The molecule has 0 bridgehead atoms. The summed E-state index contributed by atoms with van der Waals surface area (Å²) >= 11 is 0.396. The lowest BCUT2D eigenvalue weighted by Crippen LogP contribution is -2.70. The first-order valence-electron chi connectivity index (χ1n) is 12.8. The summed E-state index contributed by atoms with van der Waals surface area (Å²) < 4.78 is 51.8. The van der Waals surface area contributed by atoms with Crippen molar-refractivity contribution < 1.29 is 42.5 Å². The smallest absolute Gasteiger partial charge is 0.306 e. The van der Waals surface area contributed by atoms with Gasteiger partial charge in [0.2, 0.25) is 5.12 Å². The number of aliphatic hydroxyl groups is 2. The van der Waals surface area contributed by atoms with E-state index in [9.17, 15) is 23.9 Å². The molecule has 2 N–H and O–H groups in total. The Morgan fingerprint density at radius 3 is 2.41 bits per heavy atom. The van der Waals surface area contributed by atoms with E-state index in [4.69, 9.17) is 9.84 Å². The Balaban J connectivity index is 0.00000121. The van der Waals surface area contributed by atoms with Gasteiger partial charge in [-0.05, 0) is 68.5 Å².